The molecule has 0 aliphatic carbocycles. The van der Waals surface area contributed by atoms with E-state index in [0.717, 1.165) is 12.1 Å². The van der Waals surface area contributed by atoms with Crippen molar-refractivity contribution in [1.29, 1.82) is 0 Å². The predicted octanol–water partition coefficient (Wildman–Crippen LogP) is 2.04. The number of hydrogen-bond donors (Lipinski definition) is 1. The van der Waals surface area contributed by atoms with Gasteiger partial charge in [0.05, 0.1) is 4.47 Å². The Bertz CT molecular complexity index is 312. The van der Waals surface area contributed by atoms with Crippen molar-refractivity contribution in [3.63, 3.8) is 0 Å². The third-order valence-corrected chi connectivity index (χ3v) is 2.01. The predicted molar refractivity (Wildman–Crippen MR) is 45.5 cm³/mol. The number of carbonyl (C=O) groups is 1. The summed E-state index contributed by atoms with van der Waals surface area (Å²) in [4.78, 5) is 10.1. The molecule has 12 heavy (non-hydrogen) atoms. The van der Waals surface area contributed by atoms with Gasteiger partial charge >= 0.3 is 0 Å². The molecule has 0 heterocycles. The van der Waals surface area contributed by atoms with Crippen LogP contribution >= 0.6 is 15.9 Å². The fourth-order valence-corrected chi connectivity index (χ4v) is 1.34. The van der Waals surface area contributed by atoms with Gasteiger partial charge in [0.15, 0.2) is 0 Å². The molecule has 0 fully saturated rings. The normalized spacial score (nSPS) is 9.83. The number of halogens is 2. The highest BCUT2D eigenvalue weighted by Crippen LogP contribution is 2.28. The van der Waals surface area contributed by atoms with Gasteiger partial charge in [-0.15, -0.1) is 0 Å². The number of benzene rings is 1. The molecule has 1 rings (SSSR count). The van der Waals surface area contributed by atoms with E-state index in [0.29, 0.717) is 6.29 Å². The molecule has 0 radical (unpaired) electrons. The molecule has 0 saturated heterocycles. The van der Waals surface area contributed by atoms with E-state index in [9.17, 15) is 14.3 Å². The minimum atomic E-state index is -0.475. The van der Waals surface area contributed by atoms with Gasteiger partial charge in [-0.25, -0.2) is 4.39 Å². The molecule has 2 nitrogen and oxygen atoms in total. The Morgan fingerprint density at radius 2 is 2.25 bits per heavy atom. The fraction of sp³-hybridized carbons (Fsp3) is 0.125. The third kappa shape index (κ3) is 1.82. The molecule has 0 aromatic heterocycles. The van der Waals surface area contributed by atoms with Crippen molar-refractivity contribution in [2.45, 2.75) is 6.42 Å². The van der Waals surface area contributed by atoms with E-state index >= 15 is 0 Å². The van der Waals surface area contributed by atoms with Crippen LogP contribution in [-0.2, 0) is 11.2 Å². The molecule has 64 valence electrons. The topological polar surface area (TPSA) is 37.3 Å². The number of aromatic hydroxyl groups is 1. The van der Waals surface area contributed by atoms with E-state index in [1.54, 1.807) is 0 Å². The van der Waals surface area contributed by atoms with Crippen LogP contribution in [0.2, 0.25) is 0 Å². The van der Waals surface area contributed by atoms with Gasteiger partial charge in [-0.3, -0.25) is 0 Å². The van der Waals surface area contributed by atoms with Crippen LogP contribution in [-0.4, -0.2) is 11.4 Å². The van der Waals surface area contributed by atoms with Gasteiger partial charge in [0.1, 0.15) is 17.9 Å². The zero-order valence-electron chi connectivity index (χ0n) is 6.05. The summed E-state index contributed by atoms with van der Waals surface area (Å²) in [5.41, 5.74) is 0.289. The van der Waals surface area contributed by atoms with E-state index in [2.05, 4.69) is 15.9 Å². The average Bonchev–Trinajstić information content (AvgIpc) is 2.00. The van der Waals surface area contributed by atoms with Crippen LogP contribution < -0.4 is 0 Å². The van der Waals surface area contributed by atoms with Crippen LogP contribution in [0.3, 0.4) is 0 Å². The van der Waals surface area contributed by atoms with Crippen molar-refractivity contribution in [3.05, 3.63) is 28.0 Å². The van der Waals surface area contributed by atoms with Crippen LogP contribution in [0.15, 0.2) is 16.6 Å². The van der Waals surface area contributed by atoms with Crippen molar-refractivity contribution in [2.75, 3.05) is 0 Å². The highest BCUT2D eigenvalue weighted by atomic mass is 79.9. The van der Waals surface area contributed by atoms with Gasteiger partial charge in [0.2, 0.25) is 0 Å². The monoisotopic (exact) mass is 232 g/mol. The number of carbonyl (C=O) groups excluding carboxylic acids is 1. The lowest BCUT2D eigenvalue weighted by atomic mass is 10.1. The molecule has 1 aromatic rings. The van der Waals surface area contributed by atoms with Crippen LogP contribution in [0.25, 0.3) is 0 Å². The van der Waals surface area contributed by atoms with Gasteiger partial charge < -0.3 is 9.90 Å². The summed E-state index contributed by atoms with van der Waals surface area (Å²) in [7, 11) is 0. The maximum atomic E-state index is 12.7. The van der Waals surface area contributed by atoms with Crippen molar-refractivity contribution in [3.8, 4) is 5.75 Å². The summed E-state index contributed by atoms with van der Waals surface area (Å²) in [6.07, 6.45) is 0.628. The minimum Gasteiger partial charge on any atom is -0.506 e. The Balaban J connectivity index is 3.17. The molecule has 0 aliphatic rings. The van der Waals surface area contributed by atoms with E-state index in [1.165, 1.54) is 0 Å². The summed E-state index contributed by atoms with van der Waals surface area (Å²) >= 11 is 2.96. The molecular weight excluding hydrogens is 227 g/mol. The Morgan fingerprint density at radius 1 is 1.58 bits per heavy atom. The molecule has 1 aromatic carbocycles. The summed E-state index contributed by atoms with van der Waals surface area (Å²) in [6.45, 7) is 0. The standard InChI is InChI=1S/C8H6BrFO2/c9-7-4-6(10)3-5(1-2-11)8(7)12/h2-4,12H,1H2. The second kappa shape index (κ2) is 3.67. The number of rotatable bonds is 2. The number of aldehydes is 1. The second-order valence-corrected chi connectivity index (χ2v) is 3.12. The van der Waals surface area contributed by atoms with Gasteiger partial charge in [-0.2, -0.15) is 0 Å². The maximum absolute atomic E-state index is 12.7. The summed E-state index contributed by atoms with van der Waals surface area (Å²) in [5.74, 6) is -0.556. The average molecular weight is 233 g/mol. The molecule has 0 aliphatic heterocycles. The first kappa shape index (κ1) is 9.19. The molecule has 0 spiro atoms. The van der Waals surface area contributed by atoms with Gasteiger partial charge in [0.25, 0.3) is 0 Å². The summed E-state index contributed by atoms with van der Waals surface area (Å²) < 4.78 is 12.9. The number of phenols is 1. The fourth-order valence-electron chi connectivity index (χ4n) is 0.865. The van der Waals surface area contributed by atoms with E-state index in [1.807, 2.05) is 0 Å². The van der Waals surface area contributed by atoms with Crippen molar-refractivity contribution >= 4 is 22.2 Å². The van der Waals surface area contributed by atoms with E-state index < -0.39 is 5.82 Å². The van der Waals surface area contributed by atoms with Crippen LogP contribution in [0.4, 0.5) is 4.39 Å². The Kier molecular flexibility index (Phi) is 2.81. The lowest BCUT2D eigenvalue weighted by Crippen LogP contribution is -1.89. The Labute approximate surface area is 77.2 Å². The minimum absolute atomic E-state index is 0.0161. The molecule has 4 heteroatoms. The van der Waals surface area contributed by atoms with Crippen molar-refractivity contribution in [1.82, 2.24) is 0 Å². The third-order valence-electron chi connectivity index (χ3n) is 1.41. The first-order valence-corrected chi connectivity index (χ1v) is 4.05. The van der Waals surface area contributed by atoms with Crippen molar-refractivity contribution in [2.24, 2.45) is 0 Å². The summed E-state index contributed by atoms with van der Waals surface area (Å²) in [5, 5.41) is 9.28. The van der Waals surface area contributed by atoms with Crippen LogP contribution in [0, 0.1) is 5.82 Å². The van der Waals surface area contributed by atoms with Crippen LogP contribution in [0.1, 0.15) is 5.56 Å². The molecular formula is C8H6BrFO2. The molecule has 0 atom stereocenters. The zero-order valence-corrected chi connectivity index (χ0v) is 7.64. The van der Waals surface area contributed by atoms with E-state index in [4.69, 9.17) is 0 Å². The quantitative estimate of drug-likeness (QED) is 0.793. The molecule has 0 bridgehead atoms. The smallest absolute Gasteiger partial charge is 0.133 e. The molecule has 0 saturated carbocycles. The van der Waals surface area contributed by atoms with E-state index in [-0.39, 0.29) is 22.2 Å². The number of hydrogen-bond acceptors (Lipinski definition) is 2. The SMILES string of the molecule is O=CCc1cc(F)cc(Br)c1O. The lowest BCUT2D eigenvalue weighted by Gasteiger charge is -2.02. The maximum Gasteiger partial charge on any atom is 0.133 e. The second-order valence-electron chi connectivity index (χ2n) is 2.27. The Morgan fingerprint density at radius 3 is 2.83 bits per heavy atom. The molecule has 1 N–H and O–H groups in total. The molecule has 0 unspecified atom stereocenters. The lowest BCUT2D eigenvalue weighted by molar-refractivity contribution is -0.107. The van der Waals surface area contributed by atoms with Gasteiger partial charge in [-0.1, -0.05) is 0 Å². The summed E-state index contributed by atoms with van der Waals surface area (Å²) in [6, 6.07) is 2.28. The first-order chi connectivity index (χ1) is 5.65. The highest BCUT2D eigenvalue weighted by molar-refractivity contribution is 9.10. The number of phenolic OH excluding ortho intramolecular Hbond substituents is 1. The first-order valence-electron chi connectivity index (χ1n) is 3.25. The Hall–Kier alpha value is -0.900. The largest absolute Gasteiger partial charge is 0.506 e. The zero-order chi connectivity index (χ0) is 9.14. The van der Waals surface area contributed by atoms with Gasteiger partial charge in [-0.05, 0) is 28.1 Å². The van der Waals surface area contributed by atoms with Crippen LogP contribution in [0.5, 0.6) is 5.75 Å². The van der Waals surface area contributed by atoms with Crippen molar-refractivity contribution < 1.29 is 14.3 Å². The highest BCUT2D eigenvalue weighted by Gasteiger charge is 2.06. The van der Waals surface area contributed by atoms with Gasteiger partial charge in [0, 0.05) is 12.0 Å². The molecule has 0 amide bonds.